The van der Waals surface area contributed by atoms with Gasteiger partial charge in [0.15, 0.2) is 0 Å². The van der Waals surface area contributed by atoms with Crippen LogP contribution in [0.3, 0.4) is 0 Å². The fourth-order valence-electron chi connectivity index (χ4n) is 2.85. The lowest BCUT2D eigenvalue weighted by atomic mass is 10.0. The Morgan fingerprint density at radius 1 is 0.913 bits per heavy atom. The van der Waals surface area contributed by atoms with Gasteiger partial charge in [0.05, 0.1) is 6.61 Å². The molecule has 3 rings (SSSR count). The van der Waals surface area contributed by atoms with Gasteiger partial charge in [-0.2, -0.15) is 0 Å². The van der Waals surface area contributed by atoms with Crippen molar-refractivity contribution in [2.45, 2.75) is 12.8 Å². The molecule has 0 N–H and O–H groups in total. The SMILES string of the molecule is CN(C)CCCCOc1c2ccccc2cc2ccc(Cl)cc12. The number of halogens is 1. The van der Waals surface area contributed by atoms with Crippen LogP contribution in [-0.4, -0.2) is 32.1 Å². The van der Waals surface area contributed by atoms with Gasteiger partial charge < -0.3 is 9.64 Å². The highest BCUT2D eigenvalue weighted by Crippen LogP contribution is 2.36. The molecule has 0 bridgehead atoms. The summed E-state index contributed by atoms with van der Waals surface area (Å²) < 4.78 is 6.19. The first-order chi connectivity index (χ1) is 11.1. The Morgan fingerprint density at radius 2 is 1.70 bits per heavy atom. The van der Waals surface area contributed by atoms with E-state index in [-0.39, 0.29) is 0 Å². The molecule has 3 aromatic carbocycles. The third-order valence-corrected chi connectivity index (χ3v) is 4.26. The van der Waals surface area contributed by atoms with Crippen molar-refractivity contribution in [1.29, 1.82) is 0 Å². The molecule has 3 heteroatoms. The van der Waals surface area contributed by atoms with Gasteiger partial charge in [-0.15, -0.1) is 0 Å². The van der Waals surface area contributed by atoms with Crippen molar-refractivity contribution in [2.24, 2.45) is 0 Å². The first kappa shape index (κ1) is 16.1. The molecule has 0 heterocycles. The molecular formula is C20H22ClNO. The van der Waals surface area contributed by atoms with E-state index < -0.39 is 0 Å². The highest BCUT2D eigenvalue weighted by Gasteiger charge is 2.09. The van der Waals surface area contributed by atoms with E-state index in [9.17, 15) is 0 Å². The number of hydrogen-bond donors (Lipinski definition) is 0. The minimum Gasteiger partial charge on any atom is -0.492 e. The van der Waals surface area contributed by atoms with E-state index in [4.69, 9.17) is 16.3 Å². The lowest BCUT2D eigenvalue weighted by Crippen LogP contribution is -2.13. The van der Waals surface area contributed by atoms with Gasteiger partial charge in [0.1, 0.15) is 5.75 Å². The van der Waals surface area contributed by atoms with Crippen LogP contribution in [0.25, 0.3) is 21.5 Å². The zero-order valence-corrected chi connectivity index (χ0v) is 14.4. The Kier molecular flexibility index (Phi) is 5.04. The highest BCUT2D eigenvalue weighted by atomic mass is 35.5. The van der Waals surface area contributed by atoms with Crippen molar-refractivity contribution in [3.63, 3.8) is 0 Å². The molecule has 0 fully saturated rings. The number of unbranched alkanes of at least 4 members (excludes halogenated alkanes) is 1. The third kappa shape index (κ3) is 3.77. The summed E-state index contributed by atoms with van der Waals surface area (Å²) in [6, 6.07) is 16.5. The number of nitrogens with zero attached hydrogens (tertiary/aromatic N) is 1. The molecule has 0 aliphatic heterocycles. The molecule has 0 atom stereocenters. The molecule has 0 saturated heterocycles. The number of benzene rings is 3. The summed E-state index contributed by atoms with van der Waals surface area (Å²) in [7, 11) is 4.20. The van der Waals surface area contributed by atoms with Crippen LogP contribution in [0.15, 0.2) is 48.5 Å². The maximum absolute atomic E-state index is 6.20. The van der Waals surface area contributed by atoms with Crippen LogP contribution in [0, 0.1) is 0 Å². The largest absolute Gasteiger partial charge is 0.492 e. The highest BCUT2D eigenvalue weighted by molar-refractivity contribution is 6.31. The fourth-order valence-corrected chi connectivity index (χ4v) is 3.03. The molecule has 0 radical (unpaired) electrons. The van der Waals surface area contributed by atoms with Crippen LogP contribution in [0.1, 0.15) is 12.8 Å². The van der Waals surface area contributed by atoms with Crippen LogP contribution in [0.2, 0.25) is 5.02 Å². The third-order valence-electron chi connectivity index (χ3n) is 4.02. The normalized spacial score (nSPS) is 11.5. The number of ether oxygens (including phenoxy) is 1. The van der Waals surface area contributed by atoms with Crippen molar-refractivity contribution in [2.75, 3.05) is 27.2 Å². The predicted molar refractivity (Wildman–Crippen MR) is 99.7 cm³/mol. The first-order valence-electron chi connectivity index (χ1n) is 8.04. The van der Waals surface area contributed by atoms with Gasteiger partial charge in [0.2, 0.25) is 0 Å². The van der Waals surface area contributed by atoms with E-state index in [0.29, 0.717) is 0 Å². The molecule has 0 aromatic heterocycles. The molecule has 0 aliphatic rings. The summed E-state index contributed by atoms with van der Waals surface area (Å²) in [5, 5.41) is 5.34. The standard InChI is InChI=1S/C20H22ClNO/c1-22(2)11-5-6-12-23-20-18-8-4-3-7-15(18)13-16-9-10-17(21)14-19(16)20/h3-4,7-10,13-14H,5-6,11-12H2,1-2H3. The molecule has 0 saturated carbocycles. The molecule has 0 aliphatic carbocycles. The van der Waals surface area contributed by atoms with Crippen molar-refractivity contribution < 1.29 is 4.74 Å². The Bertz CT molecular complexity index is 813. The van der Waals surface area contributed by atoms with Gasteiger partial charge in [-0.25, -0.2) is 0 Å². The smallest absolute Gasteiger partial charge is 0.134 e. The van der Waals surface area contributed by atoms with E-state index in [1.807, 2.05) is 12.1 Å². The van der Waals surface area contributed by atoms with E-state index in [2.05, 4.69) is 55.4 Å². The van der Waals surface area contributed by atoms with E-state index >= 15 is 0 Å². The number of fused-ring (bicyclic) bond motifs is 2. The van der Waals surface area contributed by atoms with Crippen LogP contribution < -0.4 is 4.74 Å². The molecule has 120 valence electrons. The molecule has 0 unspecified atom stereocenters. The maximum atomic E-state index is 6.20. The zero-order chi connectivity index (χ0) is 16.2. The summed E-state index contributed by atoms with van der Waals surface area (Å²) in [6.07, 6.45) is 2.18. The van der Waals surface area contributed by atoms with E-state index in [1.54, 1.807) is 0 Å². The van der Waals surface area contributed by atoms with Crippen LogP contribution in [0.5, 0.6) is 5.75 Å². The summed E-state index contributed by atoms with van der Waals surface area (Å²) in [4.78, 5) is 2.20. The molecular weight excluding hydrogens is 306 g/mol. The lowest BCUT2D eigenvalue weighted by molar-refractivity contribution is 0.298. The quantitative estimate of drug-likeness (QED) is 0.446. The Hall–Kier alpha value is -1.77. The molecule has 0 amide bonds. The van der Waals surface area contributed by atoms with Crippen molar-refractivity contribution >= 4 is 33.1 Å². The minimum atomic E-state index is 0.726. The Morgan fingerprint density at radius 3 is 2.52 bits per heavy atom. The molecule has 23 heavy (non-hydrogen) atoms. The van der Waals surface area contributed by atoms with Crippen molar-refractivity contribution in [3.05, 3.63) is 53.6 Å². The average Bonchev–Trinajstić information content (AvgIpc) is 2.54. The first-order valence-corrected chi connectivity index (χ1v) is 8.41. The lowest BCUT2D eigenvalue weighted by Gasteiger charge is -2.14. The van der Waals surface area contributed by atoms with Gasteiger partial charge >= 0.3 is 0 Å². The second-order valence-corrected chi connectivity index (χ2v) is 6.59. The number of rotatable bonds is 6. The summed E-state index contributed by atoms with van der Waals surface area (Å²) in [6.45, 7) is 1.81. The van der Waals surface area contributed by atoms with Crippen molar-refractivity contribution in [1.82, 2.24) is 4.90 Å². The van der Waals surface area contributed by atoms with Gasteiger partial charge in [-0.3, -0.25) is 0 Å². The second kappa shape index (κ2) is 7.20. The minimum absolute atomic E-state index is 0.726. The van der Waals surface area contributed by atoms with E-state index in [1.165, 1.54) is 5.39 Å². The molecule has 2 nitrogen and oxygen atoms in total. The topological polar surface area (TPSA) is 12.5 Å². The van der Waals surface area contributed by atoms with Crippen LogP contribution >= 0.6 is 11.6 Å². The van der Waals surface area contributed by atoms with Gasteiger partial charge in [-0.1, -0.05) is 41.9 Å². The second-order valence-electron chi connectivity index (χ2n) is 6.15. The molecule has 3 aromatic rings. The number of hydrogen-bond acceptors (Lipinski definition) is 2. The van der Waals surface area contributed by atoms with Gasteiger partial charge in [0.25, 0.3) is 0 Å². The average molecular weight is 328 g/mol. The summed E-state index contributed by atoms with van der Waals surface area (Å²) >= 11 is 6.20. The molecule has 0 spiro atoms. The van der Waals surface area contributed by atoms with Gasteiger partial charge in [-0.05, 0) is 62.5 Å². The van der Waals surface area contributed by atoms with E-state index in [0.717, 1.165) is 52.9 Å². The zero-order valence-electron chi connectivity index (χ0n) is 13.7. The summed E-state index contributed by atoms with van der Waals surface area (Å²) in [5.74, 6) is 0.949. The maximum Gasteiger partial charge on any atom is 0.134 e. The fraction of sp³-hybridized carbons (Fsp3) is 0.300. The van der Waals surface area contributed by atoms with Gasteiger partial charge in [0, 0.05) is 15.8 Å². The monoisotopic (exact) mass is 327 g/mol. The Balaban J connectivity index is 1.92. The predicted octanol–water partition coefficient (Wildman–Crippen LogP) is 5.37. The summed E-state index contributed by atoms with van der Waals surface area (Å²) in [5.41, 5.74) is 0. The van der Waals surface area contributed by atoms with Crippen molar-refractivity contribution in [3.8, 4) is 5.75 Å². The van der Waals surface area contributed by atoms with Crippen LogP contribution in [0.4, 0.5) is 0 Å². The van der Waals surface area contributed by atoms with Crippen LogP contribution in [-0.2, 0) is 0 Å². The Labute approximate surface area is 142 Å².